The average molecular weight is 452 g/mol. The van der Waals surface area contributed by atoms with Crippen molar-refractivity contribution < 1.29 is 9.18 Å². The number of hydrogen-bond donors (Lipinski definition) is 2. The Morgan fingerprint density at radius 1 is 1.08 bits per heavy atom. The quantitative estimate of drug-likeness (QED) is 0.598. The van der Waals surface area contributed by atoms with Gasteiger partial charge < -0.3 is 10.6 Å². The minimum atomic E-state index is -0.404. The summed E-state index contributed by atoms with van der Waals surface area (Å²) < 4.78 is 14.9. The second-order valence-corrected chi connectivity index (χ2v) is 7.83. The molecule has 25 heavy (non-hydrogen) atoms. The lowest BCUT2D eigenvalue weighted by Crippen LogP contribution is -2.36. The lowest BCUT2D eigenvalue weighted by atomic mass is 9.95. The molecule has 1 saturated carbocycles. The third-order valence-electron chi connectivity index (χ3n) is 4.62. The van der Waals surface area contributed by atoms with Crippen molar-refractivity contribution in [3.05, 3.63) is 56.9 Å². The number of halogens is 2. The first-order valence-electron chi connectivity index (χ1n) is 8.66. The Balaban J connectivity index is 1.83. The van der Waals surface area contributed by atoms with Crippen LogP contribution in [0.3, 0.4) is 0 Å². The van der Waals surface area contributed by atoms with E-state index in [9.17, 15) is 9.18 Å². The van der Waals surface area contributed by atoms with Gasteiger partial charge in [0.1, 0.15) is 5.82 Å². The van der Waals surface area contributed by atoms with Gasteiger partial charge in [-0.1, -0.05) is 19.3 Å². The first-order valence-corrected chi connectivity index (χ1v) is 9.74. The third kappa shape index (κ3) is 4.71. The van der Waals surface area contributed by atoms with Crippen LogP contribution in [0.1, 0.15) is 48.0 Å². The number of carbonyl (C=O) groups excluding carboxylic acids is 1. The molecule has 0 aromatic heterocycles. The molecule has 0 saturated heterocycles. The van der Waals surface area contributed by atoms with Crippen molar-refractivity contribution in [3.63, 3.8) is 0 Å². The Morgan fingerprint density at radius 3 is 2.52 bits per heavy atom. The molecule has 132 valence electrons. The molecular weight excluding hydrogens is 430 g/mol. The van der Waals surface area contributed by atoms with Gasteiger partial charge in [0.2, 0.25) is 0 Å². The van der Waals surface area contributed by atoms with Gasteiger partial charge in [-0.25, -0.2) is 4.39 Å². The molecule has 1 aliphatic rings. The van der Waals surface area contributed by atoms with Gasteiger partial charge in [-0.15, -0.1) is 0 Å². The zero-order chi connectivity index (χ0) is 17.8. The molecule has 2 aromatic rings. The van der Waals surface area contributed by atoms with Crippen LogP contribution in [-0.4, -0.2) is 11.9 Å². The predicted molar refractivity (Wildman–Crippen MR) is 108 cm³/mol. The van der Waals surface area contributed by atoms with E-state index in [0.29, 0.717) is 11.3 Å². The topological polar surface area (TPSA) is 41.1 Å². The maximum atomic E-state index is 13.7. The number of amides is 1. The smallest absolute Gasteiger partial charge is 0.253 e. The Labute approximate surface area is 161 Å². The maximum absolute atomic E-state index is 13.7. The fourth-order valence-electron chi connectivity index (χ4n) is 3.24. The van der Waals surface area contributed by atoms with Crippen molar-refractivity contribution in [2.24, 2.45) is 0 Å². The lowest BCUT2D eigenvalue weighted by molar-refractivity contribution is 0.0928. The molecule has 2 aromatic carbocycles. The van der Waals surface area contributed by atoms with Crippen molar-refractivity contribution in [2.45, 2.75) is 45.1 Å². The van der Waals surface area contributed by atoms with Crippen molar-refractivity contribution in [2.75, 3.05) is 5.32 Å². The van der Waals surface area contributed by atoms with Gasteiger partial charge in [-0.3, -0.25) is 4.79 Å². The molecule has 5 heteroatoms. The number of hydrogen-bond acceptors (Lipinski definition) is 2. The summed E-state index contributed by atoms with van der Waals surface area (Å²) >= 11 is 2.26. The molecule has 0 bridgehead atoms. The highest BCUT2D eigenvalue weighted by Crippen LogP contribution is 2.26. The summed E-state index contributed by atoms with van der Waals surface area (Å²) in [6, 6.07) is 10.5. The van der Waals surface area contributed by atoms with Gasteiger partial charge in [-0.2, -0.15) is 0 Å². The van der Waals surface area contributed by atoms with E-state index in [0.717, 1.165) is 40.5 Å². The summed E-state index contributed by atoms with van der Waals surface area (Å²) in [5.74, 6) is -0.615. The van der Waals surface area contributed by atoms with Crippen molar-refractivity contribution in [1.82, 2.24) is 5.32 Å². The lowest BCUT2D eigenvalue weighted by Gasteiger charge is -2.23. The highest BCUT2D eigenvalue weighted by Gasteiger charge is 2.19. The highest BCUT2D eigenvalue weighted by molar-refractivity contribution is 14.1. The van der Waals surface area contributed by atoms with Crippen LogP contribution in [0.25, 0.3) is 0 Å². The van der Waals surface area contributed by atoms with Crippen LogP contribution >= 0.6 is 22.6 Å². The summed E-state index contributed by atoms with van der Waals surface area (Å²) in [6.45, 7) is 2.01. The Morgan fingerprint density at radius 2 is 1.80 bits per heavy atom. The molecule has 2 N–H and O–H groups in total. The standard InChI is InChI=1S/C20H22FIN2O/c1-13-11-15(22)8-10-18(13)24-19-9-7-14(21)12-17(19)20(25)23-16-5-3-2-4-6-16/h7-12,16,24H,2-6H2,1H3,(H,23,25). The van der Waals surface area contributed by atoms with Crippen molar-refractivity contribution >= 4 is 39.9 Å². The van der Waals surface area contributed by atoms with E-state index in [1.807, 2.05) is 19.1 Å². The number of aryl methyl sites for hydroxylation is 1. The van der Waals surface area contributed by atoms with Gasteiger partial charge in [0.15, 0.2) is 0 Å². The van der Waals surface area contributed by atoms with Crippen molar-refractivity contribution in [1.29, 1.82) is 0 Å². The number of carbonyl (C=O) groups is 1. The van der Waals surface area contributed by atoms with Crippen molar-refractivity contribution in [3.8, 4) is 0 Å². The predicted octanol–water partition coefficient (Wildman–Crippen LogP) is 5.54. The molecule has 1 amide bonds. The molecule has 1 fully saturated rings. The fraction of sp³-hybridized carbons (Fsp3) is 0.350. The zero-order valence-corrected chi connectivity index (χ0v) is 16.4. The molecule has 1 aliphatic carbocycles. The van der Waals surface area contributed by atoms with Gasteiger partial charge in [0.25, 0.3) is 5.91 Å². The van der Waals surface area contributed by atoms with E-state index < -0.39 is 5.82 Å². The number of nitrogens with one attached hydrogen (secondary N) is 2. The minimum absolute atomic E-state index is 0.192. The van der Waals surface area contributed by atoms with Crippen LogP contribution in [0.2, 0.25) is 0 Å². The molecule has 3 nitrogen and oxygen atoms in total. The number of benzene rings is 2. The average Bonchev–Trinajstić information content (AvgIpc) is 2.59. The Bertz CT molecular complexity index is 772. The summed E-state index contributed by atoms with van der Waals surface area (Å²) in [5, 5.41) is 6.35. The molecule has 0 atom stereocenters. The SMILES string of the molecule is Cc1cc(I)ccc1Nc1ccc(F)cc1C(=O)NC1CCCCC1. The van der Waals surface area contributed by atoms with E-state index in [4.69, 9.17) is 0 Å². The van der Waals surface area contributed by atoms with Gasteiger partial charge in [-0.05, 0) is 84.3 Å². The molecule has 0 radical (unpaired) electrons. The van der Waals surface area contributed by atoms with Crippen LogP contribution in [-0.2, 0) is 0 Å². The second kappa shape index (κ2) is 8.17. The summed E-state index contributed by atoms with van der Waals surface area (Å²) in [6.07, 6.45) is 5.51. The van der Waals surface area contributed by atoms with Crippen LogP contribution in [0.4, 0.5) is 15.8 Å². The minimum Gasteiger partial charge on any atom is -0.355 e. The molecule has 0 aliphatic heterocycles. The molecular formula is C20H22FIN2O. The Hall–Kier alpha value is -1.63. The van der Waals surface area contributed by atoms with Crippen LogP contribution < -0.4 is 10.6 Å². The molecule has 0 unspecified atom stereocenters. The van der Waals surface area contributed by atoms with E-state index in [2.05, 4.69) is 39.3 Å². The van der Waals surface area contributed by atoms with Crippen LogP contribution in [0.15, 0.2) is 36.4 Å². The van der Waals surface area contributed by atoms with Gasteiger partial charge in [0.05, 0.1) is 11.3 Å². The monoisotopic (exact) mass is 452 g/mol. The van der Waals surface area contributed by atoms with E-state index in [-0.39, 0.29) is 11.9 Å². The summed E-state index contributed by atoms with van der Waals surface area (Å²) in [4.78, 5) is 12.7. The van der Waals surface area contributed by atoms with Gasteiger partial charge >= 0.3 is 0 Å². The van der Waals surface area contributed by atoms with Crippen LogP contribution in [0, 0.1) is 16.3 Å². The zero-order valence-electron chi connectivity index (χ0n) is 14.2. The molecule has 0 heterocycles. The summed E-state index contributed by atoms with van der Waals surface area (Å²) in [5.41, 5.74) is 2.97. The van der Waals surface area contributed by atoms with Gasteiger partial charge in [0, 0.05) is 15.3 Å². The fourth-order valence-corrected chi connectivity index (χ4v) is 3.88. The van der Waals surface area contributed by atoms with E-state index >= 15 is 0 Å². The second-order valence-electron chi connectivity index (χ2n) is 6.58. The highest BCUT2D eigenvalue weighted by atomic mass is 127. The van der Waals surface area contributed by atoms with E-state index in [1.165, 1.54) is 18.6 Å². The third-order valence-corrected chi connectivity index (χ3v) is 5.30. The van der Waals surface area contributed by atoms with E-state index in [1.54, 1.807) is 6.07 Å². The number of anilines is 2. The molecule has 0 spiro atoms. The maximum Gasteiger partial charge on any atom is 0.253 e. The normalized spacial score (nSPS) is 15.0. The number of rotatable bonds is 4. The Kier molecular flexibility index (Phi) is 5.93. The van der Waals surface area contributed by atoms with Crippen LogP contribution in [0.5, 0.6) is 0 Å². The summed E-state index contributed by atoms with van der Waals surface area (Å²) in [7, 11) is 0. The first-order chi connectivity index (χ1) is 12.0. The first kappa shape index (κ1) is 18.2. The largest absolute Gasteiger partial charge is 0.355 e. The molecule has 3 rings (SSSR count).